The molecule has 0 aliphatic carbocycles. The number of carbonyl (C=O) groups is 1. The van der Waals surface area contributed by atoms with Gasteiger partial charge in [-0.25, -0.2) is 9.86 Å². The second-order valence-electron chi connectivity index (χ2n) is 4.95. The highest BCUT2D eigenvalue weighted by molar-refractivity contribution is 5.76. The molecular formula is C11H17N5O3. The van der Waals surface area contributed by atoms with Gasteiger partial charge in [0.15, 0.2) is 0 Å². The third kappa shape index (κ3) is 2.06. The van der Waals surface area contributed by atoms with E-state index in [-0.39, 0.29) is 18.1 Å². The molecule has 2 fully saturated rings. The van der Waals surface area contributed by atoms with Crippen LogP contribution in [0.3, 0.4) is 0 Å². The summed E-state index contributed by atoms with van der Waals surface area (Å²) in [6.45, 7) is 1.09. The predicted octanol–water partition coefficient (Wildman–Crippen LogP) is 0.291. The van der Waals surface area contributed by atoms with Crippen LogP contribution in [0.25, 0.3) is 0 Å². The molecule has 0 spiro atoms. The molecule has 104 valence electrons. The number of nitrogens with two attached hydrogens (primary N) is 1. The predicted molar refractivity (Wildman–Crippen MR) is 63.2 cm³/mol. The lowest BCUT2D eigenvalue weighted by Crippen LogP contribution is -2.34. The molecule has 2 saturated heterocycles. The van der Waals surface area contributed by atoms with Crippen LogP contribution in [0.1, 0.15) is 37.1 Å². The number of aromatic nitrogens is 2. The maximum Gasteiger partial charge on any atom is 0.344 e. The first-order chi connectivity index (χ1) is 9.20. The van der Waals surface area contributed by atoms with Crippen molar-refractivity contribution in [3.63, 3.8) is 0 Å². The van der Waals surface area contributed by atoms with Crippen molar-refractivity contribution in [3.8, 4) is 0 Å². The molecule has 3 rings (SSSR count). The van der Waals surface area contributed by atoms with Gasteiger partial charge in [0.1, 0.15) is 6.04 Å². The van der Waals surface area contributed by atoms with Crippen LogP contribution >= 0.6 is 0 Å². The largest absolute Gasteiger partial charge is 0.423 e. The lowest BCUT2D eigenvalue weighted by atomic mass is 10.0. The van der Waals surface area contributed by atoms with E-state index in [0.717, 1.165) is 24.3 Å². The molecule has 2 bridgehead atoms. The second-order valence-corrected chi connectivity index (χ2v) is 4.95. The second kappa shape index (κ2) is 4.78. The zero-order valence-electron chi connectivity index (χ0n) is 10.5. The van der Waals surface area contributed by atoms with Gasteiger partial charge < -0.3 is 15.1 Å². The van der Waals surface area contributed by atoms with Crippen LogP contribution in [0.15, 0.2) is 4.42 Å². The molecule has 2 unspecified atom stereocenters. The first-order valence-electron chi connectivity index (χ1n) is 6.51. The standard InChI is InChI=1S/C11H17N5O3/c12-5-1-2-9-13-14-10(19-9)8-4-3-7-6-15(8)11(17)16(7)18/h7-8,18H,1-6,12H2. The van der Waals surface area contributed by atoms with Crippen molar-refractivity contribution < 1.29 is 14.4 Å². The van der Waals surface area contributed by atoms with Gasteiger partial charge in [-0.1, -0.05) is 0 Å². The molecule has 2 amide bonds. The van der Waals surface area contributed by atoms with Gasteiger partial charge in [-0.05, 0) is 25.8 Å². The molecule has 8 nitrogen and oxygen atoms in total. The maximum atomic E-state index is 11.8. The number of amides is 2. The fourth-order valence-corrected chi connectivity index (χ4v) is 2.66. The van der Waals surface area contributed by atoms with Crippen molar-refractivity contribution in [2.75, 3.05) is 13.1 Å². The van der Waals surface area contributed by atoms with Gasteiger partial charge in [-0.15, -0.1) is 10.2 Å². The molecule has 2 aliphatic rings. The van der Waals surface area contributed by atoms with E-state index in [4.69, 9.17) is 10.2 Å². The summed E-state index contributed by atoms with van der Waals surface area (Å²) in [7, 11) is 0. The van der Waals surface area contributed by atoms with Crippen molar-refractivity contribution >= 4 is 6.03 Å². The van der Waals surface area contributed by atoms with E-state index < -0.39 is 0 Å². The Morgan fingerprint density at radius 2 is 2.26 bits per heavy atom. The minimum atomic E-state index is -0.380. The van der Waals surface area contributed by atoms with Gasteiger partial charge in [0.2, 0.25) is 11.8 Å². The van der Waals surface area contributed by atoms with E-state index in [0.29, 0.717) is 31.3 Å². The number of aryl methyl sites for hydroxylation is 1. The highest BCUT2D eigenvalue weighted by Gasteiger charge is 2.46. The molecule has 0 aromatic carbocycles. The van der Waals surface area contributed by atoms with Gasteiger partial charge in [0.25, 0.3) is 0 Å². The van der Waals surface area contributed by atoms with E-state index in [2.05, 4.69) is 10.2 Å². The van der Waals surface area contributed by atoms with Crippen LogP contribution in [0, 0.1) is 0 Å². The number of carbonyl (C=O) groups excluding carboxylic acids is 1. The van der Waals surface area contributed by atoms with Crippen molar-refractivity contribution in [1.82, 2.24) is 20.2 Å². The van der Waals surface area contributed by atoms with Crippen molar-refractivity contribution in [2.24, 2.45) is 5.73 Å². The van der Waals surface area contributed by atoms with Crippen molar-refractivity contribution in [3.05, 3.63) is 11.8 Å². The van der Waals surface area contributed by atoms with E-state index in [1.165, 1.54) is 0 Å². The van der Waals surface area contributed by atoms with Gasteiger partial charge in [-0.3, -0.25) is 5.21 Å². The Labute approximate surface area is 110 Å². The van der Waals surface area contributed by atoms with Crippen LogP contribution in [0.2, 0.25) is 0 Å². The average molecular weight is 267 g/mol. The smallest absolute Gasteiger partial charge is 0.344 e. The highest BCUT2D eigenvalue weighted by atomic mass is 16.5. The number of hydroxylamine groups is 2. The Bertz CT molecular complexity index is 477. The highest BCUT2D eigenvalue weighted by Crippen LogP contribution is 2.36. The Kier molecular flexibility index (Phi) is 3.11. The molecule has 2 atom stereocenters. The Hall–Kier alpha value is -1.67. The van der Waals surface area contributed by atoms with E-state index in [1.807, 2.05) is 0 Å². The lowest BCUT2D eigenvalue weighted by molar-refractivity contribution is -0.0584. The minimum absolute atomic E-state index is 0.108. The molecule has 0 radical (unpaired) electrons. The normalized spacial score (nSPS) is 26.3. The number of urea groups is 1. The Balaban J connectivity index is 1.75. The fraction of sp³-hybridized carbons (Fsp3) is 0.727. The topological polar surface area (TPSA) is 109 Å². The number of fused-ring (bicyclic) bond motifs is 2. The molecule has 8 heteroatoms. The van der Waals surface area contributed by atoms with Crippen LogP contribution in [-0.2, 0) is 6.42 Å². The summed E-state index contributed by atoms with van der Waals surface area (Å²) in [5.41, 5.74) is 5.43. The maximum absolute atomic E-state index is 11.8. The fourth-order valence-electron chi connectivity index (χ4n) is 2.66. The number of hydrogen-bond acceptors (Lipinski definition) is 6. The zero-order chi connectivity index (χ0) is 13.4. The van der Waals surface area contributed by atoms with Gasteiger partial charge in [-0.2, -0.15) is 0 Å². The summed E-state index contributed by atoms with van der Waals surface area (Å²) in [4.78, 5) is 13.4. The SMILES string of the molecule is NCCCc1nnc(C2CCC3CN2C(=O)N3O)o1. The molecule has 2 aliphatic heterocycles. The zero-order valence-corrected chi connectivity index (χ0v) is 10.5. The summed E-state index contributed by atoms with van der Waals surface area (Å²) in [6, 6.07) is -0.711. The van der Waals surface area contributed by atoms with Gasteiger partial charge in [0, 0.05) is 13.0 Å². The summed E-state index contributed by atoms with van der Waals surface area (Å²) in [5.74, 6) is 1.00. The van der Waals surface area contributed by atoms with Gasteiger partial charge >= 0.3 is 6.03 Å². The lowest BCUT2D eigenvalue weighted by Gasteiger charge is -2.27. The van der Waals surface area contributed by atoms with Crippen molar-refractivity contribution in [2.45, 2.75) is 37.8 Å². The molecule has 1 aromatic heterocycles. The summed E-state index contributed by atoms with van der Waals surface area (Å²) >= 11 is 0. The monoisotopic (exact) mass is 267 g/mol. The van der Waals surface area contributed by atoms with Crippen molar-refractivity contribution in [1.29, 1.82) is 0 Å². The number of piperidine rings is 1. The summed E-state index contributed by atoms with van der Waals surface area (Å²) in [6.07, 6.45) is 2.91. The third-order valence-electron chi connectivity index (χ3n) is 3.71. The molecule has 3 N–H and O–H groups in total. The number of nitrogens with zero attached hydrogens (tertiary/aromatic N) is 4. The average Bonchev–Trinajstić information content (AvgIpc) is 2.98. The number of hydrogen-bond donors (Lipinski definition) is 2. The van der Waals surface area contributed by atoms with Crippen LogP contribution in [0.4, 0.5) is 4.79 Å². The van der Waals surface area contributed by atoms with E-state index in [9.17, 15) is 10.0 Å². The van der Waals surface area contributed by atoms with Crippen LogP contribution in [-0.4, -0.2) is 50.5 Å². The van der Waals surface area contributed by atoms with Crippen LogP contribution in [0.5, 0.6) is 0 Å². The Morgan fingerprint density at radius 1 is 1.42 bits per heavy atom. The van der Waals surface area contributed by atoms with E-state index >= 15 is 0 Å². The molecule has 3 heterocycles. The third-order valence-corrected chi connectivity index (χ3v) is 3.71. The first-order valence-corrected chi connectivity index (χ1v) is 6.51. The Morgan fingerprint density at radius 3 is 3.05 bits per heavy atom. The first kappa shape index (κ1) is 12.4. The number of rotatable bonds is 4. The van der Waals surface area contributed by atoms with E-state index in [1.54, 1.807) is 4.90 Å². The van der Waals surface area contributed by atoms with Crippen LogP contribution < -0.4 is 5.73 Å². The summed E-state index contributed by atoms with van der Waals surface area (Å²) < 4.78 is 5.59. The summed E-state index contributed by atoms with van der Waals surface area (Å²) in [5, 5.41) is 18.4. The quantitative estimate of drug-likeness (QED) is 0.759. The molecule has 19 heavy (non-hydrogen) atoms. The minimum Gasteiger partial charge on any atom is -0.423 e. The molecule has 1 aromatic rings. The molecular weight excluding hydrogens is 250 g/mol. The van der Waals surface area contributed by atoms with Gasteiger partial charge in [0.05, 0.1) is 6.04 Å². The molecule has 0 saturated carbocycles.